The lowest BCUT2D eigenvalue weighted by molar-refractivity contribution is -0.00707. The van der Waals surface area contributed by atoms with Gasteiger partial charge in [-0.2, -0.15) is 0 Å². The minimum Gasteiger partial charge on any atom is -0.489 e. The number of nitrogens with zero attached hydrogens (tertiary/aromatic N) is 2. The van der Waals surface area contributed by atoms with E-state index in [4.69, 9.17) is 21.1 Å². The number of amides is 1. The number of sulfonamides is 1. The average Bonchev–Trinajstić information content (AvgIpc) is 3.27. The topological polar surface area (TPSA) is 97.8 Å². The quantitative estimate of drug-likeness (QED) is 0.627. The van der Waals surface area contributed by atoms with Crippen LogP contribution in [0.5, 0.6) is 5.75 Å². The summed E-state index contributed by atoms with van der Waals surface area (Å²) >= 11 is 7.66. The Morgan fingerprint density at radius 1 is 1.25 bits per heavy atom. The zero-order valence-electron chi connectivity index (χ0n) is 18.1. The molecule has 0 spiro atoms. The monoisotopic (exact) mass is 499 g/mol. The van der Waals surface area contributed by atoms with Crippen LogP contribution in [0.3, 0.4) is 0 Å². The maximum Gasteiger partial charge on any atom is 0.410 e. The maximum atomic E-state index is 12.6. The number of aromatic nitrogens is 1. The van der Waals surface area contributed by atoms with E-state index in [1.807, 2.05) is 25.7 Å². The molecule has 4 rings (SSSR count). The summed E-state index contributed by atoms with van der Waals surface area (Å²) in [6.45, 7) is 5.59. The highest BCUT2D eigenvalue weighted by atomic mass is 35.5. The number of nitrogens with one attached hydrogen (secondary N) is 1. The number of rotatable bonds is 5. The van der Waals surface area contributed by atoms with Gasteiger partial charge in [0.15, 0.2) is 5.82 Å². The van der Waals surface area contributed by atoms with Crippen molar-refractivity contribution in [3.8, 4) is 5.75 Å². The normalized spacial score (nSPS) is 23.1. The van der Waals surface area contributed by atoms with Crippen LogP contribution in [0, 0.1) is 0 Å². The Balaban J connectivity index is 1.42. The van der Waals surface area contributed by atoms with Crippen LogP contribution in [0.4, 0.5) is 10.6 Å². The van der Waals surface area contributed by atoms with E-state index >= 15 is 0 Å². The molecule has 1 N–H and O–H groups in total. The summed E-state index contributed by atoms with van der Waals surface area (Å²) in [7, 11) is -3.80. The van der Waals surface area contributed by atoms with Crippen molar-refractivity contribution in [1.29, 1.82) is 0 Å². The molecular formula is C21H26ClN3O5S2. The van der Waals surface area contributed by atoms with Crippen LogP contribution in [0.25, 0.3) is 0 Å². The molecule has 174 valence electrons. The van der Waals surface area contributed by atoms with E-state index in [1.165, 1.54) is 23.5 Å². The number of piperidine rings is 1. The van der Waals surface area contributed by atoms with Gasteiger partial charge in [0.05, 0.1) is 15.4 Å². The summed E-state index contributed by atoms with van der Waals surface area (Å²) in [5.41, 5.74) is 1.01. The number of ether oxygens (including phenoxy) is 2. The van der Waals surface area contributed by atoms with E-state index in [1.54, 1.807) is 17.0 Å². The second-order valence-corrected chi connectivity index (χ2v) is 11.9. The summed E-state index contributed by atoms with van der Waals surface area (Å²) in [5.74, 6) is 0.688. The molecule has 2 fully saturated rings. The van der Waals surface area contributed by atoms with E-state index in [0.29, 0.717) is 18.6 Å². The van der Waals surface area contributed by atoms with Crippen molar-refractivity contribution in [3.63, 3.8) is 0 Å². The van der Waals surface area contributed by atoms with E-state index in [9.17, 15) is 13.2 Å². The molecule has 0 radical (unpaired) electrons. The lowest BCUT2D eigenvalue weighted by Gasteiger charge is -2.39. The molecule has 2 saturated heterocycles. The third kappa shape index (κ3) is 5.13. The second-order valence-electron chi connectivity index (χ2n) is 9.06. The first-order valence-corrected chi connectivity index (χ1v) is 13.2. The van der Waals surface area contributed by atoms with E-state index < -0.39 is 15.6 Å². The first kappa shape index (κ1) is 23.1. The molecular weight excluding hydrogens is 474 g/mol. The minimum absolute atomic E-state index is 0.0302. The number of fused-ring (bicyclic) bond motifs is 2. The molecule has 0 aliphatic carbocycles. The number of carbonyl (C=O) groups is 1. The van der Waals surface area contributed by atoms with E-state index in [0.717, 1.165) is 12.8 Å². The Labute approximate surface area is 196 Å². The van der Waals surface area contributed by atoms with Crippen molar-refractivity contribution in [1.82, 2.24) is 9.88 Å². The zero-order chi connectivity index (χ0) is 23.1. The number of thiazole rings is 1. The van der Waals surface area contributed by atoms with Crippen LogP contribution in [0.2, 0.25) is 5.02 Å². The Morgan fingerprint density at radius 2 is 1.94 bits per heavy atom. The summed E-state index contributed by atoms with van der Waals surface area (Å²) in [6, 6.07) is 4.53. The molecule has 8 nitrogen and oxygen atoms in total. The van der Waals surface area contributed by atoms with Gasteiger partial charge in [-0.3, -0.25) is 4.72 Å². The first-order valence-electron chi connectivity index (χ1n) is 10.4. The molecule has 32 heavy (non-hydrogen) atoms. The van der Waals surface area contributed by atoms with Crippen molar-refractivity contribution >= 4 is 44.9 Å². The van der Waals surface area contributed by atoms with Gasteiger partial charge >= 0.3 is 6.09 Å². The number of hydrogen-bond donors (Lipinski definition) is 1. The van der Waals surface area contributed by atoms with Crippen molar-refractivity contribution in [2.75, 3.05) is 4.72 Å². The van der Waals surface area contributed by atoms with Crippen LogP contribution in [0.15, 0.2) is 34.0 Å². The van der Waals surface area contributed by atoms with Gasteiger partial charge in [-0.1, -0.05) is 11.6 Å². The maximum absolute atomic E-state index is 12.6. The molecule has 1 aromatic carbocycles. The Bertz CT molecular complexity index is 1070. The number of anilines is 1. The predicted molar refractivity (Wildman–Crippen MR) is 123 cm³/mol. The van der Waals surface area contributed by atoms with Crippen LogP contribution < -0.4 is 9.46 Å². The second kappa shape index (κ2) is 8.72. The van der Waals surface area contributed by atoms with Crippen LogP contribution >= 0.6 is 22.9 Å². The standard InChI is InChI=1S/C21H26ClN3O5S2/c1-21(2,3)30-20(26)25-13-4-5-14(25)9-15(8-13)29-18-7-6-16(10-17(18)22)32(27,28)24-19-11-31-12-23-19/h6-7,10-15,24H,4-5,8-9H2,1-3H3. The lowest BCUT2D eigenvalue weighted by atomic mass is 10.00. The largest absolute Gasteiger partial charge is 0.489 e. The number of benzene rings is 1. The molecule has 2 bridgehead atoms. The SMILES string of the molecule is CC(C)(C)OC(=O)N1C2CCC1CC(Oc1ccc(S(=O)(=O)Nc3cscn3)cc1Cl)C2. The number of hydrogen-bond acceptors (Lipinski definition) is 7. The smallest absolute Gasteiger partial charge is 0.410 e. The van der Waals surface area contributed by atoms with Gasteiger partial charge in [0.1, 0.15) is 17.5 Å². The molecule has 3 heterocycles. The van der Waals surface area contributed by atoms with Crippen molar-refractivity contribution in [2.24, 2.45) is 0 Å². The lowest BCUT2D eigenvalue weighted by Crippen LogP contribution is -2.50. The summed E-state index contributed by atoms with van der Waals surface area (Å²) in [5, 5.41) is 1.82. The van der Waals surface area contributed by atoms with Crippen molar-refractivity contribution < 1.29 is 22.7 Å². The van der Waals surface area contributed by atoms with Gasteiger partial charge in [0.25, 0.3) is 10.0 Å². The van der Waals surface area contributed by atoms with Gasteiger partial charge in [0, 0.05) is 30.3 Å². The van der Waals surface area contributed by atoms with Crippen molar-refractivity contribution in [3.05, 3.63) is 34.1 Å². The highest BCUT2D eigenvalue weighted by Crippen LogP contribution is 2.39. The van der Waals surface area contributed by atoms with Crippen LogP contribution in [-0.4, -0.2) is 48.2 Å². The Hall–Kier alpha value is -2.04. The average molecular weight is 500 g/mol. The Kier molecular flexibility index (Phi) is 6.30. The molecule has 11 heteroatoms. The molecule has 2 aliphatic heterocycles. The highest BCUT2D eigenvalue weighted by molar-refractivity contribution is 7.92. The van der Waals surface area contributed by atoms with Gasteiger partial charge in [0.2, 0.25) is 0 Å². The molecule has 2 aliphatic rings. The fourth-order valence-electron chi connectivity index (χ4n) is 4.22. The minimum atomic E-state index is -3.80. The van der Waals surface area contributed by atoms with E-state index in [2.05, 4.69) is 9.71 Å². The van der Waals surface area contributed by atoms with Gasteiger partial charge in [-0.15, -0.1) is 11.3 Å². The molecule has 1 amide bonds. The van der Waals surface area contributed by atoms with Crippen LogP contribution in [0.1, 0.15) is 46.5 Å². The molecule has 2 atom stereocenters. The molecule has 2 unspecified atom stereocenters. The Morgan fingerprint density at radius 3 is 2.50 bits per heavy atom. The highest BCUT2D eigenvalue weighted by Gasteiger charge is 2.45. The fraction of sp³-hybridized carbons (Fsp3) is 0.524. The summed E-state index contributed by atoms with van der Waals surface area (Å²) in [6.07, 6.45) is 2.80. The van der Waals surface area contributed by atoms with E-state index in [-0.39, 0.29) is 40.0 Å². The molecule has 0 saturated carbocycles. The molecule has 2 aromatic rings. The van der Waals surface area contributed by atoms with Gasteiger partial charge in [-0.05, 0) is 51.8 Å². The van der Waals surface area contributed by atoms with Gasteiger partial charge < -0.3 is 14.4 Å². The summed E-state index contributed by atoms with van der Waals surface area (Å²) < 4.78 is 39.2. The zero-order valence-corrected chi connectivity index (χ0v) is 20.5. The third-order valence-electron chi connectivity index (χ3n) is 5.47. The first-order chi connectivity index (χ1) is 15.0. The number of halogens is 1. The fourth-order valence-corrected chi connectivity index (χ4v) is 6.09. The van der Waals surface area contributed by atoms with Gasteiger partial charge in [-0.25, -0.2) is 18.2 Å². The predicted octanol–water partition coefficient (Wildman–Crippen LogP) is 4.91. The summed E-state index contributed by atoms with van der Waals surface area (Å²) in [4.78, 5) is 18.4. The molecule has 1 aromatic heterocycles. The van der Waals surface area contributed by atoms with Crippen LogP contribution in [-0.2, 0) is 14.8 Å². The van der Waals surface area contributed by atoms with Crippen molar-refractivity contribution in [2.45, 2.75) is 75.1 Å². The number of carbonyl (C=O) groups excluding carboxylic acids is 1. The third-order valence-corrected chi connectivity index (χ3v) is 7.71.